The average Bonchev–Trinajstić information content (AvgIpc) is 2.28. The number of rotatable bonds is 2. The van der Waals surface area contributed by atoms with Crippen LogP contribution in [0.5, 0.6) is 0 Å². The standard InChI is InChI=1S/C12H9Cl2FN2/c1-7-9(12(14)17-6-16-7)4-8-2-3-10(13)11(15)5-8/h2-3,5-6H,4H2,1H3. The maximum atomic E-state index is 13.3. The first kappa shape index (κ1) is 12.3. The minimum Gasteiger partial charge on any atom is -0.241 e. The normalized spacial score (nSPS) is 10.6. The zero-order valence-electron chi connectivity index (χ0n) is 9.04. The first-order valence-electron chi connectivity index (χ1n) is 4.98. The molecule has 1 aromatic heterocycles. The second-order valence-electron chi connectivity index (χ2n) is 3.65. The molecule has 0 unspecified atom stereocenters. The molecule has 1 heterocycles. The van der Waals surface area contributed by atoms with Gasteiger partial charge in [-0.05, 0) is 24.6 Å². The van der Waals surface area contributed by atoms with Gasteiger partial charge in [-0.15, -0.1) is 0 Å². The molecule has 0 fully saturated rings. The predicted molar refractivity (Wildman–Crippen MR) is 66.0 cm³/mol. The first-order chi connectivity index (χ1) is 8.08. The van der Waals surface area contributed by atoms with Crippen molar-refractivity contribution in [3.05, 3.63) is 57.3 Å². The fourth-order valence-electron chi connectivity index (χ4n) is 1.53. The molecule has 0 aliphatic carbocycles. The third-order valence-electron chi connectivity index (χ3n) is 2.47. The number of halogens is 3. The summed E-state index contributed by atoms with van der Waals surface area (Å²) in [5.41, 5.74) is 2.38. The van der Waals surface area contributed by atoms with Gasteiger partial charge in [0.15, 0.2) is 0 Å². The van der Waals surface area contributed by atoms with Gasteiger partial charge in [0, 0.05) is 17.7 Å². The van der Waals surface area contributed by atoms with E-state index in [0.717, 1.165) is 16.8 Å². The smallest absolute Gasteiger partial charge is 0.142 e. The van der Waals surface area contributed by atoms with Crippen molar-refractivity contribution in [1.29, 1.82) is 0 Å². The molecule has 0 spiro atoms. The number of benzene rings is 1. The summed E-state index contributed by atoms with van der Waals surface area (Å²) in [4.78, 5) is 7.97. The lowest BCUT2D eigenvalue weighted by Crippen LogP contribution is -1.98. The second kappa shape index (κ2) is 4.98. The SMILES string of the molecule is Cc1ncnc(Cl)c1Cc1ccc(Cl)c(F)c1. The summed E-state index contributed by atoms with van der Waals surface area (Å²) in [7, 11) is 0. The molecule has 88 valence electrons. The van der Waals surface area contributed by atoms with Crippen LogP contribution in [0.25, 0.3) is 0 Å². The highest BCUT2D eigenvalue weighted by atomic mass is 35.5. The van der Waals surface area contributed by atoms with Crippen LogP contribution in [0.15, 0.2) is 24.5 Å². The van der Waals surface area contributed by atoms with Crippen molar-refractivity contribution in [2.24, 2.45) is 0 Å². The van der Waals surface area contributed by atoms with Gasteiger partial charge >= 0.3 is 0 Å². The summed E-state index contributed by atoms with van der Waals surface area (Å²) in [6.07, 6.45) is 1.89. The monoisotopic (exact) mass is 270 g/mol. The molecule has 0 radical (unpaired) electrons. The molecule has 0 atom stereocenters. The van der Waals surface area contributed by atoms with Crippen molar-refractivity contribution >= 4 is 23.2 Å². The third-order valence-corrected chi connectivity index (χ3v) is 3.11. The summed E-state index contributed by atoms with van der Waals surface area (Å²) >= 11 is 11.6. The summed E-state index contributed by atoms with van der Waals surface area (Å²) in [5, 5.41) is 0.508. The van der Waals surface area contributed by atoms with Gasteiger partial charge in [-0.2, -0.15) is 0 Å². The summed E-state index contributed by atoms with van der Waals surface area (Å²) in [5.74, 6) is -0.435. The van der Waals surface area contributed by atoms with Crippen LogP contribution < -0.4 is 0 Å². The quantitative estimate of drug-likeness (QED) is 0.776. The molecular formula is C12H9Cl2FN2. The maximum absolute atomic E-state index is 13.3. The van der Waals surface area contributed by atoms with Gasteiger partial charge in [0.25, 0.3) is 0 Å². The summed E-state index contributed by atoms with van der Waals surface area (Å²) < 4.78 is 13.3. The Kier molecular flexibility index (Phi) is 3.60. The Balaban J connectivity index is 2.35. The number of aromatic nitrogens is 2. The Morgan fingerprint density at radius 1 is 1.24 bits per heavy atom. The van der Waals surface area contributed by atoms with Crippen LogP contribution in [0.4, 0.5) is 4.39 Å². The molecule has 0 saturated heterocycles. The van der Waals surface area contributed by atoms with E-state index in [-0.39, 0.29) is 5.02 Å². The average molecular weight is 271 g/mol. The Labute approximate surface area is 108 Å². The number of aryl methyl sites for hydroxylation is 1. The van der Waals surface area contributed by atoms with Crippen LogP contribution in [0.2, 0.25) is 10.2 Å². The van der Waals surface area contributed by atoms with Crippen molar-refractivity contribution in [2.45, 2.75) is 13.3 Å². The van der Waals surface area contributed by atoms with Crippen LogP contribution >= 0.6 is 23.2 Å². The third kappa shape index (κ3) is 2.73. The largest absolute Gasteiger partial charge is 0.241 e. The van der Waals surface area contributed by atoms with Gasteiger partial charge in [0.1, 0.15) is 17.3 Å². The molecule has 17 heavy (non-hydrogen) atoms. The van der Waals surface area contributed by atoms with Gasteiger partial charge in [-0.1, -0.05) is 29.3 Å². The van der Waals surface area contributed by atoms with E-state index in [4.69, 9.17) is 23.2 Å². The molecule has 1 aromatic carbocycles. The highest BCUT2D eigenvalue weighted by Crippen LogP contribution is 2.22. The molecule has 2 aromatic rings. The fourth-order valence-corrected chi connectivity index (χ4v) is 1.89. The molecule has 0 N–H and O–H groups in total. The fraction of sp³-hybridized carbons (Fsp3) is 0.167. The van der Waals surface area contributed by atoms with Gasteiger partial charge in [-0.25, -0.2) is 14.4 Å². The van der Waals surface area contributed by atoms with E-state index in [9.17, 15) is 4.39 Å². The number of hydrogen-bond donors (Lipinski definition) is 0. The first-order valence-corrected chi connectivity index (χ1v) is 5.73. The molecule has 0 amide bonds. The van der Waals surface area contributed by atoms with Crippen molar-refractivity contribution in [3.63, 3.8) is 0 Å². The molecule has 2 rings (SSSR count). The zero-order valence-corrected chi connectivity index (χ0v) is 10.6. The molecule has 0 aliphatic heterocycles. The lowest BCUT2D eigenvalue weighted by atomic mass is 10.1. The predicted octanol–water partition coefficient (Wildman–Crippen LogP) is 3.82. The zero-order chi connectivity index (χ0) is 12.4. The van der Waals surface area contributed by atoms with E-state index >= 15 is 0 Å². The lowest BCUT2D eigenvalue weighted by Gasteiger charge is -2.07. The molecule has 2 nitrogen and oxygen atoms in total. The van der Waals surface area contributed by atoms with Gasteiger partial charge < -0.3 is 0 Å². The molecule has 0 bridgehead atoms. The molecule has 0 saturated carbocycles. The van der Waals surface area contributed by atoms with E-state index in [2.05, 4.69) is 9.97 Å². The Morgan fingerprint density at radius 2 is 2.00 bits per heavy atom. The van der Waals surface area contributed by atoms with Crippen molar-refractivity contribution in [1.82, 2.24) is 9.97 Å². The number of nitrogens with zero attached hydrogens (tertiary/aromatic N) is 2. The van der Waals surface area contributed by atoms with E-state index in [1.165, 1.54) is 18.5 Å². The summed E-state index contributed by atoms with van der Waals surface area (Å²) in [6.45, 7) is 1.84. The molecule has 0 aliphatic rings. The molecular weight excluding hydrogens is 262 g/mol. The summed E-state index contributed by atoms with van der Waals surface area (Å²) in [6, 6.07) is 4.68. The minimum absolute atomic E-state index is 0.112. The van der Waals surface area contributed by atoms with Crippen molar-refractivity contribution in [3.8, 4) is 0 Å². The Bertz CT molecular complexity index is 538. The van der Waals surface area contributed by atoms with E-state index < -0.39 is 5.82 Å². The maximum Gasteiger partial charge on any atom is 0.142 e. The van der Waals surface area contributed by atoms with Crippen LogP contribution in [-0.4, -0.2) is 9.97 Å². The second-order valence-corrected chi connectivity index (χ2v) is 4.42. The van der Waals surface area contributed by atoms with E-state index in [1.54, 1.807) is 6.07 Å². The molecule has 5 heteroatoms. The Morgan fingerprint density at radius 3 is 2.65 bits per heavy atom. The van der Waals surface area contributed by atoms with Crippen molar-refractivity contribution in [2.75, 3.05) is 0 Å². The van der Waals surface area contributed by atoms with Gasteiger partial charge in [0.2, 0.25) is 0 Å². The van der Waals surface area contributed by atoms with Crippen molar-refractivity contribution < 1.29 is 4.39 Å². The van der Waals surface area contributed by atoms with Crippen LogP contribution in [0.1, 0.15) is 16.8 Å². The van der Waals surface area contributed by atoms with E-state index in [0.29, 0.717) is 11.6 Å². The van der Waals surface area contributed by atoms with Crippen LogP contribution in [0, 0.1) is 12.7 Å². The lowest BCUT2D eigenvalue weighted by molar-refractivity contribution is 0.626. The highest BCUT2D eigenvalue weighted by molar-refractivity contribution is 6.30. The topological polar surface area (TPSA) is 25.8 Å². The Hall–Kier alpha value is -1.19. The van der Waals surface area contributed by atoms with Gasteiger partial charge in [-0.3, -0.25) is 0 Å². The highest BCUT2D eigenvalue weighted by Gasteiger charge is 2.09. The van der Waals surface area contributed by atoms with Crippen LogP contribution in [-0.2, 0) is 6.42 Å². The van der Waals surface area contributed by atoms with Gasteiger partial charge in [0.05, 0.1) is 5.02 Å². The van der Waals surface area contributed by atoms with Crippen LogP contribution in [0.3, 0.4) is 0 Å². The van der Waals surface area contributed by atoms with E-state index in [1.807, 2.05) is 6.92 Å². The number of hydrogen-bond acceptors (Lipinski definition) is 2. The minimum atomic E-state index is -0.435.